The topological polar surface area (TPSA) is 69.9 Å². The van der Waals surface area contributed by atoms with E-state index in [2.05, 4.69) is 31.2 Å². The van der Waals surface area contributed by atoms with Gasteiger partial charge in [0.15, 0.2) is 0 Å². The van der Waals surface area contributed by atoms with Gasteiger partial charge in [-0.15, -0.1) is 10.2 Å². The molecule has 0 aliphatic heterocycles. The number of hydrogen-bond donors (Lipinski definition) is 0. The van der Waals surface area contributed by atoms with E-state index in [0.717, 1.165) is 0 Å². The zero-order chi connectivity index (χ0) is 13.1. The van der Waals surface area contributed by atoms with E-state index < -0.39 is 0 Å². The second-order valence-electron chi connectivity index (χ2n) is 3.45. The average molecular weight is 311 g/mol. The summed E-state index contributed by atoms with van der Waals surface area (Å²) in [5, 5.41) is 11.7. The van der Waals surface area contributed by atoms with Crippen LogP contribution in [0.2, 0.25) is 0 Å². The van der Waals surface area contributed by atoms with Crippen molar-refractivity contribution in [1.82, 2.24) is 20.0 Å². The van der Waals surface area contributed by atoms with Gasteiger partial charge in [0.1, 0.15) is 11.4 Å². The summed E-state index contributed by atoms with van der Waals surface area (Å²) in [6, 6.07) is 3.17. The Balaban J connectivity index is 2.38. The van der Waals surface area contributed by atoms with Crippen molar-refractivity contribution in [3.8, 4) is 5.88 Å². The van der Waals surface area contributed by atoms with Crippen molar-refractivity contribution in [2.24, 2.45) is 0 Å². The Bertz CT molecular complexity index is 565. The van der Waals surface area contributed by atoms with Crippen molar-refractivity contribution in [2.45, 2.75) is 13.5 Å². The Kier molecular flexibility index (Phi) is 3.71. The van der Waals surface area contributed by atoms with E-state index in [1.165, 1.54) is 7.11 Å². The van der Waals surface area contributed by atoms with E-state index in [-0.39, 0.29) is 11.5 Å². The maximum atomic E-state index is 12.3. The highest BCUT2D eigenvalue weighted by Gasteiger charge is 2.19. The second kappa shape index (κ2) is 5.26. The molecule has 0 fully saturated rings. The number of nitrogens with zero attached hydrogens (tertiary/aromatic N) is 4. The van der Waals surface area contributed by atoms with E-state index in [4.69, 9.17) is 4.74 Å². The SMILES string of the molecule is CCn1ncc(Br)c1C(=O)c1ccc(OC)nn1. The van der Waals surface area contributed by atoms with E-state index in [0.29, 0.717) is 22.6 Å². The summed E-state index contributed by atoms with van der Waals surface area (Å²) in [6.45, 7) is 2.52. The highest BCUT2D eigenvalue weighted by atomic mass is 79.9. The first-order valence-electron chi connectivity index (χ1n) is 5.31. The molecule has 94 valence electrons. The van der Waals surface area contributed by atoms with Crippen LogP contribution in [0.5, 0.6) is 5.88 Å². The molecule has 0 atom stereocenters. The van der Waals surface area contributed by atoms with Gasteiger partial charge in [0, 0.05) is 12.6 Å². The van der Waals surface area contributed by atoms with Gasteiger partial charge in [0.25, 0.3) is 0 Å². The summed E-state index contributed by atoms with van der Waals surface area (Å²) in [5.41, 5.74) is 0.726. The summed E-state index contributed by atoms with van der Waals surface area (Å²) in [4.78, 5) is 12.3. The molecular weight excluding hydrogens is 300 g/mol. The quantitative estimate of drug-likeness (QED) is 0.804. The number of carbonyl (C=O) groups excluding carboxylic acids is 1. The minimum absolute atomic E-state index is 0.226. The van der Waals surface area contributed by atoms with E-state index >= 15 is 0 Å². The number of aromatic nitrogens is 4. The van der Waals surface area contributed by atoms with Gasteiger partial charge in [0.05, 0.1) is 17.8 Å². The highest BCUT2D eigenvalue weighted by Crippen LogP contribution is 2.19. The third-order valence-electron chi connectivity index (χ3n) is 2.39. The first-order valence-corrected chi connectivity index (χ1v) is 6.10. The zero-order valence-electron chi connectivity index (χ0n) is 9.92. The molecule has 0 radical (unpaired) electrons. The molecule has 0 bridgehead atoms. The lowest BCUT2D eigenvalue weighted by atomic mass is 10.2. The number of halogens is 1. The molecule has 0 aromatic carbocycles. The van der Waals surface area contributed by atoms with Crippen LogP contribution in [0.25, 0.3) is 0 Å². The first kappa shape index (κ1) is 12.7. The predicted octanol–water partition coefficient (Wildman–Crippen LogP) is 1.70. The number of aryl methyl sites for hydroxylation is 1. The van der Waals surface area contributed by atoms with Crippen LogP contribution >= 0.6 is 15.9 Å². The molecule has 0 amide bonds. The summed E-state index contributed by atoms with van der Waals surface area (Å²) < 4.78 is 7.15. The molecule has 18 heavy (non-hydrogen) atoms. The molecule has 0 unspecified atom stereocenters. The van der Waals surface area contributed by atoms with Gasteiger partial charge in [-0.3, -0.25) is 9.48 Å². The van der Waals surface area contributed by atoms with Crippen LogP contribution in [-0.4, -0.2) is 32.9 Å². The lowest BCUT2D eigenvalue weighted by Crippen LogP contribution is -2.13. The van der Waals surface area contributed by atoms with Gasteiger partial charge in [-0.1, -0.05) is 0 Å². The fourth-order valence-corrected chi connectivity index (χ4v) is 1.98. The molecule has 0 spiro atoms. The molecule has 7 heteroatoms. The van der Waals surface area contributed by atoms with Crippen molar-refractivity contribution in [3.05, 3.63) is 34.2 Å². The van der Waals surface area contributed by atoms with Crippen LogP contribution in [0.1, 0.15) is 23.1 Å². The molecule has 0 N–H and O–H groups in total. The van der Waals surface area contributed by atoms with Crippen molar-refractivity contribution >= 4 is 21.7 Å². The molecule has 0 aliphatic rings. The van der Waals surface area contributed by atoms with Crippen molar-refractivity contribution < 1.29 is 9.53 Å². The van der Waals surface area contributed by atoms with Gasteiger partial charge in [-0.05, 0) is 28.9 Å². The molecule has 0 saturated carbocycles. The number of methoxy groups -OCH3 is 1. The Morgan fingerprint density at radius 3 is 2.78 bits per heavy atom. The minimum Gasteiger partial charge on any atom is -0.480 e. The summed E-state index contributed by atoms with van der Waals surface area (Å²) in [6.07, 6.45) is 1.59. The second-order valence-corrected chi connectivity index (χ2v) is 4.30. The molecule has 2 aromatic heterocycles. The molecular formula is C11H11BrN4O2. The van der Waals surface area contributed by atoms with Crippen LogP contribution in [0, 0.1) is 0 Å². The monoisotopic (exact) mass is 310 g/mol. The maximum Gasteiger partial charge on any atom is 0.233 e. The largest absolute Gasteiger partial charge is 0.480 e. The molecule has 6 nitrogen and oxygen atoms in total. The number of hydrogen-bond acceptors (Lipinski definition) is 5. The van der Waals surface area contributed by atoms with Crippen molar-refractivity contribution in [1.29, 1.82) is 0 Å². The Morgan fingerprint density at radius 1 is 1.44 bits per heavy atom. The van der Waals surface area contributed by atoms with Crippen molar-refractivity contribution in [3.63, 3.8) is 0 Å². The zero-order valence-corrected chi connectivity index (χ0v) is 11.5. The van der Waals surface area contributed by atoms with Gasteiger partial charge >= 0.3 is 0 Å². The summed E-state index contributed by atoms with van der Waals surface area (Å²) >= 11 is 3.31. The summed E-state index contributed by atoms with van der Waals surface area (Å²) in [5.74, 6) is 0.144. The minimum atomic E-state index is -0.226. The van der Waals surface area contributed by atoms with Crippen LogP contribution in [-0.2, 0) is 6.54 Å². The predicted molar refractivity (Wildman–Crippen MR) is 67.6 cm³/mol. The highest BCUT2D eigenvalue weighted by molar-refractivity contribution is 9.10. The maximum absolute atomic E-state index is 12.3. The van der Waals surface area contributed by atoms with Crippen LogP contribution < -0.4 is 4.74 Å². The lowest BCUT2D eigenvalue weighted by Gasteiger charge is -2.04. The third kappa shape index (κ3) is 2.26. The fourth-order valence-electron chi connectivity index (χ4n) is 1.50. The van der Waals surface area contributed by atoms with E-state index in [9.17, 15) is 4.79 Å². The molecule has 2 aromatic rings. The normalized spacial score (nSPS) is 10.4. The van der Waals surface area contributed by atoms with Crippen LogP contribution in [0.15, 0.2) is 22.8 Å². The number of carbonyl (C=O) groups is 1. The Labute approximate surface area is 112 Å². The van der Waals surface area contributed by atoms with Crippen molar-refractivity contribution in [2.75, 3.05) is 7.11 Å². The Morgan fingerprint density at radius 2 is 2.22 bits per heavy atom. The molecule has 2 heterocycles. The van der Waals surface area contributed by atoms with Gasteiger partial charge in [-0.25, -0.2) is 0 Å². The lowest BCUT2D eigenvalue weighted by molar-refractivity contribution is 0.102. The first-order chi connectivity index (χ1) is 8.67. The number of rotatable bonds is 4. The molecule has 0 saturated heterocycles. The summed E-state index contributed by atoms with van der Waals surface area (Å²) in [7, 11) is 1.49. The van der Waals surface area contributed by atoms with Crippen LogP contribution in [0.3, 0.4) is 0 Å². The molecule has 0 aliphatic carbocycles. The standard InChI is InChI=1S/C11H11BrN4O2/c1-3-16-10(7(12)6-13-16)11(17)8-4-5-9(18-2)15-14-8/h4-6H,3H2,1-2H3. The smallest absolute Gasteiger partial charge is 0.233 e. The number of ketones is 1. The Hall–Kier alpha value is -1.76. The average Bonchev–Trinajstić information content (AvgIpc) is 2.79. The van der Waals surface area contributed by atoms with Gasteiger partial charge in [-0.2, -0.15) is 5.10 Å². The van der Waals surface area contributed by atoms with Gasteiger partial charge < -0.3 is 4.74 Å². The fraction of sp³-hybridized carbons (Fsp3) is 0.273. The van der Waals surface area contributed by atoms with E-state index in [1.807, 2.05) is 6.92 Å². The molecule has 2 rings (SSSR count). The van der Waals surface area contributed by atoms with Gasteiger partial charge in [0.2, 0.25) is 11.7 Å². The third-order valence-corrected chi connectivity index (χ3v) is 2.97. The van der Waals surface area contributed by atoms with Crippen LogP contribution in [0.4, 0.5) is 0 Å². The van der Waals surface area contributed by atoms with E-state index in [1.54, 1.807) is 23.0 Å². The number of ether oxygens (including phenoxy) is 1.